The van der Waals surface area contributed by atoms with Gasteiger partial charge in [0.25, 0.3) is 5.91 Å². The molecule has 0 unspecified atom stereocenters. The Morgan fingerprint density at radius 3 is 2.87 bits per heavy atom. The minimum Gasteiger partial charge on any atom is -0.296 e. The lowest BCUT2D eigenvalue weighted by atomic mass is 10.3. The van der Waals surface area contributed by atoms with Gasteiger partial charge in [-0.25, -0.2) is 4.68 Å². The molecule has 7 heteroatoms. The van der Waals surface area contributed by atoms with Crippen molar-refractivity contribution in [1.82, 2.24) is 20.0 Å². The SMILES string of the molecule is CCCCc1nnc(NC(=O)c2cnn(-c3ccccc3)c2)s1. The molecule has 0 radical (unpaired) electrons. The van der Waals surface area contributed by atoms with Crippen molar-refractivity contribution in [2.75, 3.05) is 5.32 Å². The van der Waals surface area contributed by atoms with Gasteiger partial charge in [0.15, 0.2) is 0 Å². The number of nitrogens with one attached hydrogen (secondary N) is 1. The molecule has 0 bridgehead atoms. The zero-order chi connectivity index (χ0) is 16.1. The van der Waals surface area contributed by atoms with Crippen LogP contribution in [0.5, 0.6) is 0 Å². The second-order valence-electron chi connectivity index (χ2n) is 5.07. The highest BCUT2D eigenvalue weighted by Crippen LogP contribution is 2.18. The lowest BCUT2D eigenvalue weighted by Crippen LogP contribution is -2.10. The third-order valence-electron chi connectivity index (χ3n) is 3.30. The van der Waals surface area contributed by atoms with Gasteiger partial charge < -0.3 is 0 Å². The Morgan fingerprint density at radius 1 is 1.26 bits per heavy atom. The standard InChI is InChI=1S/C16H17N5OS/c1-2-3-9-14-19-20-16(23-14)18-15(22)12-10-17-21(11-12)13-7-5-4-6-8-13/h4-8,10-11H,2-3,9H2,1H3,(H,18,20,22). The third-order valence-corrected chi connectivity index (χ3v) is 4.20. The van der Waals surface area contributed by atoms with Crippen molar-refractivity contribution in [3.8, 4) is 5.69 Å². The van der Waals surface area contributed by atoms with E-state index >= 15 is 0 Å². The van der Waals surface area contributed by atoms with E-state index in [0.29, 0.717) is 10.7 Å². The van der Waals surface area contributed by atoms with Gasteiger partial charge in [-0.3, -0.25) is 10.1 Å². The normalized spacial score (nSPS) is 10.7. The van der Waals surface area contributed by atoms with Crippen molar-refractivity contribution < 1.29 is 4.79 Å². The average Bonchev–Trinajstić information content (AvgIpc) is 3.23. The molecule has 23 heavy (non-hydrogen) atoms. The number of aryl methyl sites for hydroxylation is 1. The van der Waals surface area contributed by atoms with Gasteiger partial charge >= 0.3 is 0 Å². The van der Waals surface area contributed by atoms with Gasteiger partial charge in [-0.15, -0.1) is 10.2 Å². The fourth-order valence-corrected chi connectivity index (χ4v) is 2.84. The summed E-state index contributed by atoms with van der Waals surface area (Å²) in [6, 6.07) is 9.65. The van der Waals surface area contributed by atoms with Crippen LogP contribution in [0.2, 0.25) is 0 Å². The lowest BCUT2D eigenvalue weighted by molar-refractivity contribution is 0.102. The Morgan fingerprint density at radius 2 is 2.09 bits per heavy atom. The van der Waals surface area contributed by atoms with Crippen molar-refractivity contribution in [2.45, 2.75) is 26.2 Å². The van der Waals surface area contributed by atoms with E-state index in [1.54, 1.807) is 17.1 Å². The lowest BCUT2D eigenvalue weighted by Gasteiger charge is -1.99. The summed E-state index contributed by atoms with van der Waals surface area (Å²) in [5.74, 6) is -0.231. The first-order valence-electron chi connectivity index (χ1n) is 7.50. The Balaban J connectivity index is 1.67. The molecule has 2 aromatic heterocycles. The third kappa shape index (κ3) is 3.81. The second-order valence-corrected chi connectivity index (χ2v) is 6.13. The molecule has 0 saturated heterocycles. The van der Waals surface area contributed by atoms with Gasteiger partial charge in [0.1, 0.15) is 5.01 Å². The molecule has 0 spiro atoms. The van der Waals surface area contributed by atoms with E-state index < -0.39 is 0 Å². The van der Waals surface area contributed by atoms with Crippen LogP contribution in [-0.4, -0.2) is 25.9 Å². The van der Waals surface area contributed by atoms with Crippen LogP contribution in [0.1, 0.15) is 35.1 Å². The summed E-state index contributed by atoms with van der Waals surface area (Å²) in [5.41, 5.74) is 1.39. The van der Waals surface area contributed by atoms with E-state index in [1.807, 2.05) is 30.3 Å². The first-order valence-corrected chi connectivity index (χ1v) is 8.31. The smallest absolute Gasteiger partial charge is 0.260 e. The maximum absolute atomic E-state index is 12.3. The van der Waals surface area contributed by atoms with Crippen LogP contribution in [-0.2, 0) is 6.42 Å². The molecule has 3 aromatic rings. The molecule has 0 aliphatic heterocycles. The maximum Gasteiger partial charge on any atom is 0.260 e. The fraction of sp³-hybridized carbons (Fsp3) is 0.250. The highest BCUT2D eigenvalue weighted by molar-refractivity contribution is 7.15. The van der Waals surface area contributed by atoms with E-state index in [4.69, 9.17) is 0 Å². The van der Waals surface area contributed by atoms with Crippen molar-refractivity contribution in [3.63, 3.8) is 0 Å². The van der Waals surface area contributed by atoms with E-state index in [-0.39, 0.29) is 5.91 Å². The number of carbonyl (C=O) groups is 1. The molecule has 1 N–H and O–H groups in total. The van der Waals surface area contributed by atoms with Crippen LogP contribution in [0.3, 0.4) is 0 Å². The number of anilines is 1. The Bertz CT molecular complexity index is 781. The number of benzene rings is 1. The van der Waals surface area contributed by atoms with Crippen molar-refractivity contribution >= 4 is 22.4 Å². The molecular formula is C16H17N5OS. The molecule has 0 aliphatic rings. The summed E-state index contributed by atoms with van der Waals surface area (Å²) in [4.78, 5) is 12.3. The molecule has 118 valence electrons. The summed E-state index contributed by atoms with van der Waals surface area (Å²) >= 11 is 1.42. The van der Waals surface area contributed by atoms with Gasteiger partial charge in [0.05, 0.1) is 17.4 Å². The van der Waals surface area contributed by atoms with Crippen LogP contribution in [0.25, 0.3) is 5.69 Å². The molecule has 1 aromatic carbocycles. The van der Waals surface area contributed by atoms with E-state index in [2.05, 4.69) is 27.5 Å². The van der Waals surface area contributed by atoms with Crippen LogP contribution < -0.4 is 5.32 Å². The number of hydrogen-bond donors (Lipinski definition) is 1. The summed E-state index contributed by atoms with van der Waals surface area (Å²) < 4.78 is 1.67. The zero-order valence-corrected chi connectivity index (χ0v) is 13.6. The topological polar surface area (TPSA) is 72.7 Å². The summed E-state index contributed by atoms with van der Waals surface area (Å²) in [5, 5.41) is 16.6. The quantitative estimate of drug-likeness (QED) is 0.754. The highest BCUT2D eigenvalue weighted by Gasteiger charge is 2.12. The molecule has 2 heterocycles. The van der Waals surface area contributed by atoms with Gasteiger partial charge in [0.2, 0.25) is 5.13 Å². The number of nitrogens with zero attached hydrogens (tertiary/aromatic N) is 4. The van der Waals surface area contributed by atoms with Crippen LogP contribution in [0.15, 0.2) is 42.7 Å². The molecule has 3 rings (SSSR count). The largest absolute Gasteiger partial charge is 0.296 e. The molecule has 0 fully saturated rings. The number of hydrogen-bond acceptors (Lipinski definition) is 5. The highest BCUT2D eigenvalue weighted by atomic mass is 32.1. The Kier molecular flexibility index (Phi) is 4.77. The van der Waals surface area contributed by atoms with E-state index in [1.165, 1.54) is 11.3 Å². The maximum atomic E-state index is 12.3. The minimum absolute atomic E-state index is 0.231. The first-order chi connectivity index (χ1) is 11.3. The second kappa shape index (κ2) is 7.15. The van der Waals surface area contributed by atoms with Crippen molar-refractivity contribution in [3.05, 3.63) is 53.3 Å². The average molecular weight is 327 g/mol. The number of carbonyl (C=O) groups excluding carboxylic acids is 1. The number of aromatic nitrogens is 4. The van der Waals surface area contributed by atoms with Crippen LogP contribution >= 0.6 is 11.3 Å². The van der Waals surface area contributed by atoms with E-state index in [9.17, 15) is 4.79 Å². The summed E-state index contributed by atoms with van der Waals surface area (Å²) in [6.45, 7) is 2.13. The molecule has 0 atom stereocenters. The Hall–Kier alpha value is -2.54. The number of amides is 1. The van der Waals surface area contributed by atoms with Crippen molar-refractivity contribution in [1.29, 1.82) is 0 Å². The van der Waals surface area contributed by atoms with Crippen LogP contribution in [0, 0.1) is 0 Å². The van der Waals surface area contributed by atoms with Gasteiger partial charge in [0, 0.05) is 12.6 Å². The number of unbranched alkanes of at least 4 members (excludes halogenated alkanes) is 1. The summed E-state index contributed by atoms with van der Waals surface area (Å²) in [7, 11) is 0. The van der Waals surface area contributed by atoms with Crippen LogP contribution in [0.4, 0.5) is 5.13 Å². The van der Waals surface area contributed by atoms with Gasteiger partial charge in [-0.1, -0.05) is 42.9 Å². The molecule has 1 amide bonds. The zero-order valence-electron chi connectivity index (χ0n) is 12.8. The van der Waals surface area contributed by atoms with E-state index in [0.717, 1.165) is 30.0 Å². The summed E-state index contributed by atoms with van der Waals surface area (Å²) in [6.07, 6.45) is 6.33. The fourth-order valence-electron chi connectivity index (χ4n) is 2.06. The predicted molar refractivity (Wildman–Crippen MR) is 90.0 cm³/mol. The van der Waals surface area contributed by atoms with Crippen molar-refractivity contribution in [2.24, 2.45) is 0 Å². The minimum atomic E-state index is -0.231. The molecule has 6 nitrogen and oxygen atoms in total. The number of rotatable bonds is 6. The monoisotopic (exact) mass is 327 g/mol. The molecule has 0 aliphatic carbocycles. The first kappa shape index (κ1) is 15.4. The molecular weight excluding hydrogens is 310 g/mol. The molecule has 0 saturated carbocycles. The van der Waals surface area contributed by atoms with Gasteiger partial charge in [-0.05, 0) is 18.6 Å². The predicted octanol–water partition coefficient (Wildman–Crippen LogP) is 3.32. The number of para-hydroxylation sites is 1. The Labute approximate surface area is 138 Å². The van der Waals surface area contributed by atoms with Gasteiger partial charge in [-0.2, -0.15) is 5.10 Å².